The zero-order valence-corrected chi connectivity index (χ0v) is 12.4. The third kappa shape index (κ3) is 3.05. The van der Waals surface area contributed by atoms with Crippen LogP contribution in [0.3, 0.4) is 0 Å². The lowest BCUT2D eigenvalue weighted by Gasteiger charge is -2.33. The van der Waals surface area contributed by atoms with Crippen LogP contribution in [-0.4, -0.2) is 51.4 Å². The molecule has 8 heteroatoms. The molecule has 1 unspecified atom stereocenters. The molecule has 1 heterocycles. The molecule has 1 amide bonds. The van der Waals surface area contributed by atoms with Crippen LogP contribution < -0.4 is 10.6 Å². The molecule has 1 aromatic rings. The number of sulfonamides is 1. The first-order chi connectivity index (χ1) is 10.0. The number of carbonyl (C=O) groups excluding carboxylic acids is 1. The van der Waals surface area contributed by atoms with E-state index in [0.29, 0.717) is 12.1 Å². The number of nitrogens with zero attached hydrogens (tertiary/aromatic N) is 2. The smallest absolute Gasteiger partial charge is 0.243 e. The summed E-state index contributed by atoms with van der Waals surface area (Å²) in [6.45, 7) is 0.985. The summed E-state index contributed by atoms with van der Waals surface area (Å²) >= 11 is 0. The molecule has 0 saturated carbocycles. The van der Waals surface area contributed by atoms with Crippen molar-refractivity contribution in [1.29, 1.82) is 5.26 Å². The van der Waals surface area contributed by atoms with E-state index in [1.165, 1.54) is 35.6 Å². The topological polar surface area (TPSA) is 102 Å². The first-order valence-electron chi connectivity index (χ1n) is 6.45. The third-order valence-corrected chi connectivity index (χ3v) is 5.26. The Morgan fingerprint density at radius 3 is 2.67 bits per heavy atom. The highest BCUT2D eigenvalue weighted by Crippen LogP contribution is 2.20. The molecule has 112 valence electrons. The van der Waals surface area contributed by atoms with Crippen molar-refractivity contribution in [1.82, 2.24) is 14.9 Å². The largest absolute Gasteiger partial charge is 0.358 e. The van der Waals surface area contributed by atoms with E-state index < -0.39 is 16.1 Å². The van der Waals surface area contributed by atoms with Crippen molar-refractivity contribution in [3.8, 4) is 6.07 Å². The molecule has 0 aliphatic carbocycles. The fourth-order valence-corrected chi connectivity index (χ4v) is 3.79. The Hall–Kier alpha value is -1.95. The highest BCUT2D eigenvalue weighted by Gasteiger charge is 2.37. The van der Waals surface area contributed by atoms with Crippen LogP contribution in [0.2, 0.25) is 0 Å². The van der Waals surface area contributed by atoms with Gasteiger partial charge in [-0.3, -0.25) is 4.79 Å². The summed E-state index contributed by atoms with van der Waals surface area (Å²) in [6, 6.07) is 6.83. The predicted octanol–water partition coefficient (Wildman–Crippen LogP) is -0.733. The van der Waals surface area contributed by atoms with Crippen LogP contribution in [0.1, 0.15) is 5.56 Å². The minimum atomic E-state index is -3.77. The molecule has 0 aromatic heterocycles. The Labute approximate surface area is 123 Å². The van der Waals surface area contributed by atoms with Gasteiger partial charge in [-0.15, -0.1) is 0 Å². The normalized spacial score (nSPS) is 19.7. The minimum Gasteiger partial charge on any atom is -0.358 e. The lowest BCUT2D eigenvalue weighted by atomic mass is 10.2. The minimum absolute atomic E-state index is 0.0808. The van der Waals surface area contributed by atoms with E-state index >= 15 is 0 Å². The number of piperazine rings is 1. The van der Waals surface area contributed by atoms with Crippen LogP contribution in [0, 0.1) is 11.3 Å². The van der Waals surface area contributed by atoms with Crippen LogP contribution in [-0.2, 0) is 14.8 Å². The van der Waals surface area contributed by atoms with Crippen molar-refractivity contribution in [2.75, 3.05) is 26.7 Å². The summed E-state index contributed by atoms with van der Waals surface area (Å²) in [4.78, 5) is 11.9. The summed E-state index contributed by atoms with van der Waals surface area (Å²) < 4.78 is 26.5. The first-order valence-corrected chi connectivity index (χ1v) is 7.89. The molecule has 0 bridgehead atoms. The molecular formula is C13H16N4O3S. The van der Waals surface area contributed by atoms with Gasteiger partial charge in [-0.05, 0) is 24.3 Å². The molecule has 7 nitrogen and oxygen atoms in total. The Bertz CT molecular complexity index is 664. The number of hydrogen-bond acceptors (Lipinski definition) is 5. The number of nitriles is 1. The second-order valence-corrected chi connectivity index (χ2v) is 6.48. The van der Waals surface area contributed by atoms with Crippen LogP contribution in [0.4, 0.5) is 0 Å². The van der Waals surface area contributed by atoms with Crippen LogP contribution in [0.25, 0.3) is 0 Å². The number of benzene rings is 1. The van der Waals surface area contributed by atoms with Gasteiger partial charge in [-0.25, -0.2) is 8.42 Å². The number of carbonyl (C=O) groups is 1. The quantitative estimate of drug-likeness (QED) is 0.766. The van der Waals surface area contributed by atoms with Gasteiger partial charge in [0.25, 0.3) is 0 Å². The molecule has 0 spiro atoms. The van der Waals surface area contributed by atoms with Gasteiger partial charge in [0.15, 0.2) is 0 Å². The van der Waals surface area contributed by atoms with Crippen LogP contribution in [0.15, 0.2) is 29.2 Å². The maximum Gasteiger partial charge on any atom is 0.243 e. The van der Waals surface area contributed by atoms with Gasteiger partial charge < -0.3 is 10.6 Å². The molecular weight excluding hydrogens is 292 g/mol. The molecule has 0 radical (unpaired) electrons. The summed E-state index contributed by atoms with van der Waals surface area (Å²) in [6.07, 6.45) is 0. The maximum atomic E-state index is 12.7. The van der Waals surface area contributed by atoms with E-state index in [4.69, 9.17) is 5.26 Å². The van der Waals surface area contributed by atoms with Crippen molar-refractivity contribution in [2.45, 2.75) is 10.9 Å². The Kier molecular flexibility index (Phi) is 4.57. The molecule has 1 aliphatic heterocycles. The van der Waals surface area contributed by atoms with Crippen LogP contribution >= 0.6 is 0 Å². The highest BCUT2D eigenvalue weighted by atomic mass is 32.2. The Morgan fingerprint density at radius 2 is 2.10 bits per heavy atom. The van der Waals surface area contributed by atoms with E-state index in [9.17, 15) is 13.2 Å². The van der Waals surface area contributed by atoms with Gasteiger partial charge >= 0.3 is 0 Å². The van der Waals surface area contributed by atoms with E-state index in [-0.39, 0.29) is 23.9 Å². The zero-order chi connectivity index (χ0) is 15.5. The fraction of sp³-hybridized carbons (Fsp3) is 0.385. The summed E-state index contributed by atoms with van der Waals surface area (Å²) in [5.41, 5.74) is 0.386. The van der Waals surface area contributed by atoms with Crippen molar-refractivity contribution >= 4 is 15.9 Å². The van der Waals surface area contributed by atoms with Gasteiger partial charge in [0.1, 0.15) is 6.04 Å². The molecule has 1 aliphatic rings. The SMILES string of the molecule is CNC(=O)C1CNCCN1S(=O)(=O)c1ccc(C#N)cc1. The van der Waals surface area contributed by atoms with E-state index in [1.54, 1.807) is 0 Å². The van der Waals surface area contributed by atoms with E-state index in [0.717, 1.165) is 0 Å². The molecule has 2 rings (SSSR count). The van der Waals surface area contributed by atoms with Gasteiger partial charge in [-0.1, -0.05) is 0 Å². The summed E-state index contributed by atoms with van der Waals surface area (Å²) in [5.74, 6) is -0.348. The van der Waals surface area contributed by atoms with Crippen molar-refractivity contribution in [3.05, 3.63) is 29.8 Å². The Balaban J connectivity index is 2.35. The molecule has 1 saturated heterocycles. The molecule has 21 heavy (non-hydrogen) atoms. The molecule has 1 aromatic carbocycles. The third-order valence-electron chi connectivity index (χ3n) is 3.33. The number of likely N-dealkylation sites (N-methyl/N-ethyl adjacent to an activating group) is 1. The second-order valence-electron chi connectivity index (χ2n) is 4.59. The monoisotopic (exact) mass is 308 g/mol. The average molecular weight is 308 g/mol. The van der Waals surface area contributed by atoms with Crippen LogP contribution in [0.5, 0.6) is 0 Å². The predicted molar refractivity (Wildman–Crippen MR) is 75.8 cm³/mol. The highest BCUT2D eigenvalue weighted by molar-refractivity contribution is 7.89. The summed E-state index contributed by atoms with van der Waals surface area (Å²) in [5, 5.41) is 14.2. The fourth-order valence-electron chi connectivity index (χ4n) is 2.20. The summed E-state index contributed by atoms with van der Waals surface area (Å²) in [7, 11) is -2.29. The first kappa shape index (κ1) is 15.4. The van der Waals surface area contributed by atoms with Gasteiger partial charge in [0.2, 0.25) is 15.9 Å². The number of rotatable bonds is 3. The van der Waals surface area contributed by atoms with Gasteiger partial charge in [0.05, 0.1) is 16.5 Å². The van der Waals surface area contributed by atoms with Crippen molar-refractivity contribution < 1.29 is 13.2 Å². The van der Waals surface area contributed by atoms with Gasteiger partial charge in [0, 0.05) is 26.7 Å². The van der Waals surface area contributed by atoms with Crippen molar-refractivity contribution in [3.63, 3.8) is 0 Å². The van der Waals surface area contributed by atoms with Gasteiger partial charge in [-0.2, -0.15) is 9.57 Å². The lowest BCUT2D eigenvalue weighted by molar-refractivity contribution is -0.124. The maximum absolute atomic E-state index is 12.7. The molecule has 2 N–H and O–H groups in total. The number of nitrogens with one attached hydrogen (secondary N) is 2. The Morgan fingerprint density at radius 1 is 1.43 bits per heavy atom. The zero-order valence-electron chi connectivity index (χ0n) is 11.5. The van der Waals surface area contributed by atoms with E-state index in [1.807, 2.05) is 6.07 Å². The average Bonchev–Trinajstić information content (AvgIpc) is 2.54. The lowest BCUT2D eigenvalue weighted by Crippen LogP contribution is -2.59. The molecule has 1 atom stereocenters. The van der Waals surface area contributed by atoms with Crippen molar-refractivity contribution in [2.24, 2.45) is 0 Å². The standard InChI is InChI=1S/C13H16N4O3S/c1-15-13(18)12-9-16-6-7-17(12)21(19,20)11-4-2-10(8-14)3-5-11/h2-5,12,16H,6-7,9H2,1H3,(H,15,18). The van der Waals surface area contributed by atoms with E-state index in [2.05, 4.69) is 10.6 Å². The number of hydrogen-bond donors (Lipinski definition) is 2. The molecule has 1 fully saturated rings. The second kappa shape index (κ2) is 6.22. The number of amides is 1.